The van der Waals surface area contributed by atoms with Crippen molar-refractivity contribution in [3.05, 3.63) is 52.8 Å². The van der Waals surface area contributed by atoms with E-state index in [4.69, 9.17) is 21.1 Å². The number of hydrogen-bond acceptors (Lipinski definition) is 3. The summed E-state index contributed by atoms with van der Waals surface area (Å²) in [4.78, 5) is 0. The molecular weight excluding hydrogens is 293 g/mol. The molecule has 0 aliphatic carbocycles. The highest BCUT2D eigenvalue weighted by Gasteiger charge is 2.14. The standard InChI is InChI=1S/C16H15ClFNO2/c1-10(19-12-3-4-13(17)14(18)9-12)11-2-5-15-16(8-11)21-7-6-20-15/h2-5,8-10,19H,6-7H2,1H3. The molecule has 0 spiro atoms. The van der Waals surface area contributed by atoms with Gasteiger partial charge in [-0.2, -0.15) is 0 Å². The number of nitrogens with one attached hydrogen (secondary N) is 1. The Morgan fingerprint density at radius 2 is 1.86 bits per heavy atom. The molecule has 1 aliphatic heterocycles. The quantitative estimate of drug-likeness (QED) is 0.910. The lowest BCUT2D eigenvalue weighted by atomic mass is 10.1. The van der Waals surface area contributed by atoms with E-state index in [1.54, 1.807) is 6.07 Å². The van der Waals surface area contributed by atoms with E-state index in [1.807, 2.05) is 25.1 Å². The normalized spacial score (nSPS) is 14.6. The van der Waals surface area contributed by atoms with Crippen molar-refractivity contribution < 1.29 is 13.9 Å². The van der Waals surface area contributed by atoms with Gasteiger partial charge >= 0.3 is 0 Å². The van der Waals surface area contributed by atoms with Crippen molar-refractivity contribution in [2.45, 2.75) is 13.0 Å². The van der Waals surface area contributed by atoms with Gasteiger partial charge in [0.1, 0.15) is 19.0 Å². The summed E-state index contributed by atoms with van der Waals surface area (Å²) in [6, 6.07) is 10.5. The van der Waals surface area contributed by atoms with Crippen LogP contribution in [0.5, 0.6) is 11.5 Å². The Balaban J connectivity index is 1.78. The molecule has 1 atom stereocenters. The predicted octanol–water partition coefficient (Wildman–Crippen LogP) is 4.42. The average molecular weight is 308 g/mol. The summed E-state index contributed by atoms with van der Waals surface area (Å²) in [5.41, 5.74) is 1.72. The van der Waals surface area contributed by atoms with E-state index >= 15 is 0 Å². The van der Waals surface area contributed by atoms with E-state index in [2.05, 4.69) is 5.32 Å². The summed E-state index contributed by atoms with van der Waals surface area (Å²) in [5.74, 6) is 1.07. The molecule has 1 aliphatic rings. The summed E-state index contributed by atoms with van der Waals surface area (Å²) in [5, 5.41) is 3.36. The van der Waals surface area contributed by atoms with Gasteiger partial charge in [0.25, 0.3) is 0 Å². The monoisotopic (exact) mass is 307 g/mol. The number of fused-ring (bicyclic) bond motifs is 1. The second-order valence-corrected chi connectivity index (χ2v) is 5.31. The van der Waals surface area contributed by atoms with Crippen LogP contribution in [0.4, 0.5) is 10.1 Å². The predicted molar refractivity (Wildman–Crippen MR) is 80.9 cm³/mol. The second kappa shape index (κ2) is 5.82. The molecule has 0 saturated carbocycles. The number of rotatable bonds is 3. The van der Waals surface area contributed by atoms with Gasteiger partial charge in [0.15, 0.2) is 11.5 Å². The fraction of sp³-hybridized carbons (Fsp3) is 0.250. The zero-order valence-corrected chi connectivity index (χ0v) is 12.3. The number of hydrogen-bond donors (Lipinski definition) is 1. The van der Waals surface area contributed by atoms with Gasteiger partial charge in [0, 0.05) is 11.7 Å². The Bertz CT molecular complexity index is 663. The van der Waals surface area contributed by atoms with Crippen molar-refractivity contribution in [3.8, 4) is 11.5 Å². The fourth-order valence-electron chi connectivity index (χ4n) is 2.25. The highest BCUT2D eigenvalue weighted by atomic mass is 35.5. The molecule has 2 aromatic rings. The molecule has 0 fully saturated rings. The van der Waals surface area contributed by atoms with Crippen LogP contribution in [-0.4, -0.2) is 13.2 Å². The highest BCUT2D eigenvalue weighted by molar-refractivity contribution is 6.30. The Labute approximate surface area is 127 Å². The highest BCUT2D eigenvalue weighted by Crippen LogP contribution is 2.33. The molecule has 0 bridgehead atoms. The molecular formula is C16H15ClFNO2. The van der Waals surface area contributed by atoms with Crippen molar-refractivity contribution >= 4 is 17.3 Å². The van der Waals surface area contributed by atoms with Crippen LogP contribution < -0.4 is 14.8 Å². The molecule has 3 nitrogen and oxygen atoms in total. The van der Waals surface area contributed by atoms with Crippen LogP contribution in [0.2, 0.25) is 5.02 Å². The van der Waals surface area contributed by atoms with E-state index in [1.165, 1.54) is 12.1 Å². The molecule has 0 aromatic heterocycles. The van der Waals surface area contributed by atoms with Gasteiger partial charge in [0.2, 0.25) is 0 Å². The van der Waals surface area contributed by atoms with Crippen LogP contribution in [-0.2, 0) is 0 Å². The summed E-state index contributed by atoms with van der Waals surface area (Å²) in [6.07, 6.45) is 0. The minimum absolute atomic E-state index is 0.00130. The van der Waals surface area contributed by atoms with Gasteiger partial charge in [-0.1, -0.05) is 17.7 Å². The first-order valence-corrected chi connectivity index (χ1v) is 7.12. The van der Waals surface area contributed by atoms with E-state index < -0.39 is 5.82 Å². The van der Waals surface area contributed by atoms with Gasteiger partial charge in [-0.3, -0.25) is 0 Å². The van der Waals surface area contributed by atoms with Crippen LogP contribution in [0.25, 0.3) is 0 Å². The lowest BCUT2D eigenvalue weighted by Gasteiger charge is -2.21. The molecule has 1 unspecified atom stereocenters. The van der Waals surface area contributed by atoms with E-state index in [0.717, 1.165) is 17.1 Å². The SMILES string of the molecule is CC(Nc1ccc(Cl)c(F)c1)c1ccc2c(c1)OCCO2. The summed E-state index contributed by atoms with van der Waals surface area (Å²) in [6.45, 7) is 3.13. The maximum Gasteiger partial charge on any atom is 0.161 e. The number of ether oxygens (including phenoxy) is 2. The molecule has 0 amide bonds. The molecule has 21 heavy (non-hydrogen) atoms. The number of anilines is 1. The first-order chi connectivity index (χ1) is 10.1. The largest absolute Gasteiger partial charge is 0.486 e. The molecule has 2 aromatic carbocycles. The van der Waals surface area contributed by atoms with Crippen molar-refractivity contribution in [1.82, 2.24) is 0 Å². The minimum atomic E-state index is -0.434. The second-order valence-electron chi connectivity index (χ2n) is 4.90. The molecule has 5 heteroatoms. The third-order valence-corrected chi connectivity index (χ3v) is 3.68. The average Bonchev–Trinajstić information content (AvgIpc) is 2.50. The maximum atomic E-state index is 13.4. The van der Waals surface area contributed by atoms with E-state index in [9.17, 15) is 4.39 Å². The zero-order valence-electron chi connectivity index (χ0n) is 11.5. The Morgan fingerprint density at radius 3 is 2.62 bits per heavy atom. The molecule has 110 valence electrons. The topological polar surface area (TPSA) is 30.5 Å². The first kappa shape index (κ1) is 14.0. The van der Waals surface area contributed by atoms with Crippen LogP contribution in [0, 0.1) is 5.82 Å². The molecule has 0 saturated heterocycles. The van der Waals surface area contributed by atoms with Crippen LogP contribution in [0.1, 0.15) is 18.5 Å². The minimum Gasteiger partial charge on any atom is -0.486 e. The van der Waals surface area contributed by atoms with Crippen molar-refractivity contribution in [2.75, 3.05) is 18.5 Å². The van der Waals surface area contributed by atoms with Gasteiger partial charge < -0.3 is 14.8 Å². The number of benzene rings is 2. The van der Waals surface area contributed by atoms with Gasteiger partial charge in [-0.15, -0.1) is 0 Å². The Morgan fingerprint density at radius 1 is 1.10 bits per heavy atom. The molecule has 3 rings (SSSR count). The maximum absolute atomic E-state index is 13.4. The lowest BCUT2D eigenvalue weighted by Crippen LogP contribution is -2.16. The van der Waals surface area contributed by atoms with Gasteiger partial charge in [-0.05, 0) is 42.8 Å². The van der Waals surface area contributed by atoms with Crippen LogP contribution >= 0.6 is 11.6 Å². The Kier molecular flexibility index (Phi) is 3.88. The van der Waals surface area contributed by atoms with Crippen molar-refractivity contribution in [2.24, 2.45) is 0 Å². The lowest BCUT2D eigenvalue weighted by molar-refractivity contribution is 0.171. The summed E-state index contributed by atoms with van der Waals surface area (Å²) >= 11 is 5.68. The van der Waals surface area contributed by atoms with Crippen molar-refractivity contribution in [1.29, 1.82) is 0 Å². The third kappa shape index (κ3) is 3.05. The third-order valence-electron chi connectivity index (χ3n) is 3.37. The van der Waals surface area contributed by atoms with Gasteiger partial charge in [-0.25, -0.2) is 4.39 Å². The van der Waals surface area contributed by atoms with Gasteiger partial charge in [0.05, 0.1) is 5.02 Å². The molecule has 0 radical (unpaired) electrons. The van der Waals surface area contributed by atoms with E-state index in [-0.39, 0.29) is 11.1 Å². The van der Waals surface area contributed by atoms with Crippen LogP contribution in [0.15, 0.2) is 36.4 Å². The van der Waals surface area contributed by atoms with E-state index in [0.29, 0.717) is 18.9 Å². The summed E-state index contributed by atoms with van der Waals surface area (Å²) < 4.78 is 24.5. The number of halogens is 2. The smallest absolute Gasteiger partial charge is 0.161 e. The van der Waals surface area contributed by atoms with Crippen LogP contribution in [0.3, 0.4) is 0 Å². The Hall–Kier alpha value is -1.94. The fourth-order valence-corrected chi connectivity index (χ4v) is 2.37. The molecule has 1 N–H and O–H groups in total. The first-order valence-electron chi connectivity index (χ1n) is 6.74. The molecule has 1 heterocycles. The summed E-state index contributed by atoms with van der Waals surface area (Å²) in [7, 11) is 0. The zero-order chi connectivity index (χ0) is 14.8. The van der Waals surface area contributed by atoms with Crippen molar-refractivity contribution in [3.63, 3.8) is 0 Å².